The van der Waals surface area contributed by atoms with E-state index in [4.69, 9.17) is 16.3 Å². The number of carbonyl (C=O) groups excluding carboxylic acids is 1. The van der Waals surface area contributed by atoms with E-state index < -0.39 is 39.8 Å². The monoisotopic (exact) mass is 452 g/mol. The summed E-state index contributed by atoms with van der Waals surface area (Å²) in [5.74, 6) is -2.95. The van der Waals surface area contributed by atoms with Gasteiger partial charge in [-0.2, -0.15) is 4.98 Å². The van der Waals surface area contributed by atoms with E-state index in [1.54, 1.807) is 0 Å². The van der Waals surface area contributed by atoms with Gasteiger partial charge in [0, 0.05) is 6.54 Å². The Balaban J connectivity index is 1.93. The fourth-order valence-corrected chi connectivity index (χ4v) is 3.04. The minimum absolute atomic E-state index is 0.0913. The lowest BCUT2D eigenvalue weighted by molar-refractivity contribution is -0.251. The Bertz CT molecular complexity index is 1200. The first-order chi connectivity index (χ1) is 14.7. The second-order valence-corrected chi connectivity index (χ2v) is 6.71. The Labute approximate surface area is 178 Å². The number of amides is 1. The molecule has 0 unspecified atom stereocenters. The highest BCUT2D eigenvalue weighted by Crippen LogP contribution is 2.24. The van der Waals surface area contributed by atoms with Crippen molar-refractivity contribution >= 4 is 17.7 Å². The molecule has 0 spiro atoms. The summed E-state index contributed by atoms with van der Waals surface area (Å²) >= 11 is 6.03. The molecule has 2 aromatic carbocycles. The fourth-order valence-electron chi connectivity index (χ4n) is 2.86. The first-order valence-electron chi connectivity index (χ1n) is 8.77. The molecule has 11 heteroatoms. The summed E-state index contributed by atoms with van der Waals surface area (Å²) in [6.07, 6.45) is -1.54. The minimum Gasteiger partial charge on any atom is -0.530 e. The zero-order valence-electron chi connectivity index (χ0n) is 15.9. The van der Waals surface area contributed by atoms with Crippen LogP contribution in [0.15, 0.2) is 41.2 Å². The van der Waals surface area contributed by atoms with Crippen molar-refractivity contribution in [2.45, 2.75) is 20.1 Å². The lowest BCUT2D eigenvalue weighted by atomic mass is 10.1. The number of nitrogens with one attached hydrogen (secondary N) is 1. The molecule has 1 heterocycles. The molecule has 0 aliphatic rings. The average molecular weight is 453 g/mol. The van der Waals surface area contributed by atoms with Crippen LogP contribution in [0.3, 0.4) is 0 Å². The number of rotatable bonds is 6. The third kappa shape index (κ3) is 4.80. The molecular weight excluding hydrogens is 439 g/mol. The maximum Gasteiger partial charge on any atom is 0.281 e. The molecule has 1 amide bonds. The zero-order valence-corrected chi connectivity index (χ0v) is 16.7. The van der Waals surface area contributed by atoms with Crippen LogP contribution in [0.25, 0.3) is 5.69 Å². The second kappa shape index (κ2) is 9.09. The van der Waals surface area contributed by atoms with Crippen molar-refractivity contribution in [2.24, 2.45) is 0 Å². The van der Waals surface area contributed by atoms with Gasteiger partial charge in [-0.3, -0.25) is 9.36 Å². The van der Waals surface area contributed by atoms with E-state index in [9.17, 15) is 27.9 Å². The lowest BCUT2D eigenvalue weighted by Gasteiger charge is -2.16. The Kier molecular flexibility index (Phi) is 6.50. The van der Waals surface area contributed by atoms with Crippen LogP contribution < -0.4 is 20.7 Å². The van der Waals surface area contributed by atoms with Crippen LogP contribution in [0, 0.1) is 24.4 Å². The molecule has 0 radical (unpaired) electrons. The van der Waals surface area contributed by atoms with E-state index in [0.717, 1.165) is 30.3 Å². The number of carboxylic acid groups (broad SMARTS) is 1. The highest BCUT2D eigenvalue weighted by Gasteiger charge is 2.20. The maximum atomic E-state index is 14.1. The van der Waals surface area contributed by atoms with Crippen molar-refractivity contribution in [3.05, 3.63) is 86.2 Å². The number of aromatic nitrogens is 2. The molecule has 0 atom stereocenters. The molecule has 1 aromatic heterocycles. The number of carbonyl (C=O) groups is 1. The normalized spacial score (nSPS) is 10.7. The highest BCUT2D eigenvalue weighted by molar-refractivity contribution is 6.31. The predicted molar refractivity (Wildman–Crippen MR) is 102 cm³/mol. The van der Waals surface area contributed by atoms with Crippen LogP contribution in [-0.2, 0) is 13.2 Å². The van der Waals surface area contributed by atoms with Crippen molar-refractivity contribution in [2.75, 3.05) is 0 Å². The third-order valence-electron chi connectivity index (χ3n) is 4.28. The lowest BCUT2D eigenvalue weighted by Crippen LogP contribution is -2.36. The van der Waals surface area contributed by atoms with Gasteiger partial charge in [-0.25, -0.2) is 13.2 Å². The van der Waals surface area contributed by atoms with Crippen LogP contribution in [0.1, 0.15) is 17.0 Å². The molecule has 0 saturated heterocycles. The molecule has 3 aromatic rings. The third-order valence-corrected chi connectivity index (χ3v) is 4.61. The number of hydrogen-bond donors (Lipinski definition) is 1. The topological polar surface area (TPSA) is 96.3 Å². The molecule has 0 bridgehead atoms. The van der Waals surface area contributed by atoms with Crippen molar-refractivity contribution in [3.8, 4) is 11.6 Å². The average Bonchev–Trinajstić information content (AvgIpc) is 2.71. The first kappa shape index (κ1) is 22.2. The molecule has 31 heavy (non-hydrogen) atoms. The van der Waals surface area contributed by atoms with Crippen molar-refractivity contribution in [1.29, 1.82) is 0 Å². The second-order valence-electron chi connectivity index (χ2n) is 6.33. The van der Waals surface area contributed by atoms with Gasteiger partial charge in [-0.15, -0.1) is 0 Å². The Morgan fingerprint density at radius 1 is 1.19 bits per heavy atom. The molecule has 0 saturated carbocycles. The summed E-state index contributed by atoms with van der Waals surface area (Å²) in [5, 5.41) is 12.1. The summed E-state index contributed by atoms with van der Waals surface area (Å²) in [5.41, 5.74) is -0.931. The molecule has 3 rings (SSSR count). The van der Waals surface area contributed by atoms with E-state index >= 15 is 0 Å². The number of halogens is 4. The van der Waals surface area contributed by atoms with Gasteiger partial charge in [0.05, 0.1) is 0 Å². The largest absolute Gasteiger partial charge is 0.530 e. The quantitative estimate of drug-likeness (QED) is 0.620. The van der Waals surface area contributed by atoms with Crippen molar-refractivity contribution in [1.82, 2.24) is 14.9 Å². The maximum absolute atomic E-state index is 14.1. The van der Waals surface area contributed by atoms with E-state index in [1.165, 1.54) is 13.0 Å². The van der Waals surface area contributed by atoms with Gasteiger partial charge < -0.3 is 20.0 Å². The molecule has 0 aliphatic carbocycles. The van der Waals surface area contributed by atoms with Crippen molar-refractivity contribution < 1.29 is 27.8 Å². The van der Waals surface area contributed by atoms with Crippen molar-refractivity contribution in [3.63, 3.8) is 0 Å². The van der Waals surface area contributed by atoms with Gasteiger partial charge in [0.1, 0.15) is 41.7 Å². The predicted octanol–water partition coefficient (Wildman–Crippen LogP) is 2.62. The summed E-state index contributed by atoms with van der Waals surface area (Å²) in [6, 6.07) is 6.72. The molecule has 7 nitrogen and oxygen atoms in total. The Hall–Kier alpha value is -3.53. The van der Waals surface area contributed by atoms with E-state index in [2.05, 4.69) is 4.98 Å². The number of ether oxygens (including phenoxy) is 1. The summed E-state index contributed by atoms with van der Waals surface area (Å²) < 4.78 is 47.9. The summed E-state index contributed by atoms with van der Waals surface area (Å²) in [4.78, 5) is 27.3. The van der Waals surface area contributed by atoms with Crippen LogP contribution in [0.4, 0.5) is 18.0 Å². The molecular formula is C20H14ClF3N3O4-. The minimum atomic E-state index is -1.54. The van der Waals surface area contributed by atoms with Gasteiger partial charge in [-0.05, 0) is 42.3 Å². The van der Waals surface area contributed by atoms with Crippen LogP contribution in [0.5, 0.6) is 5.88 Å². The standard InChI is InChI=1S/C20H15ClF3N3O4/c1-10-26-18(16(21)19(28)27(10)17-14(23)3-2-4-15(17)24)31-9-11-5-6-13(22)7-12(11)8-25-20(29)30/h2-7,25H,8-9H2,1H3,(H,29,30)/p-1. The van der Waals surface area contributed by atoms with Crippen LogP contribution in [-0.4, -0.2) is 15.6 Å². The molecule has 0 aliphatic heterocycles. The first-order valence-corrected chi connectivity index (χ1v) is 9.15. The van der Waals surface area contributed by atoms with Crippen LogP contribution >= 0.6 is 11.6 Å². The molecule has 162 valence electrons. The fraction of sp³-hybridized carbons (Fsp3) is 0.150. The Morgan fingerprint density at radius 3 is 2.52 bits per heavy atom. The number of benzene rings is 2. The molecule has 1 N–H and O–H groups in total. The number of nitrogens with zero attached hydrogens (tertiary/aromatic N) is 2. The van der Waals surface area contributed by atoms with Gasteiger partial charge >= 0.3 is 0 Å². The van der Waals surface area contributed by atoms with E-state index in [-0.39, 0.29) is 30.4 Å². The SMILES string of the molecule is Cc1nc(OCc2ccc(F)cc2CNC(=O)[O-])c(Cl)c(=O)n1-c1c(F)cccc1F. The smallest absolute Gasteiger partial charge is 0.281 e. The van der Waals surface area contributed by atoms with E-state index in [0.29, 0.717) is 10.1 Å². The number of hydrogen-bond acceptors (Lipinski definition) is 5. The zero-order chi connectivity index (χ0) is 22.7. The van der Waals surface area contributed by atoms with Gasteiger partial charge in [0.15, 0.2) is 5.02 Å². The highest BCUT2D eigenvalue weighted by atomic mass is 35.5. The van der Waals surface area contributed by atoms with Gasteiger partial charge in [-0.1, -0.05) is 23.7 Å². The Morgan fingerprint density at radius 2 is 1.87 bits per heavy atom. The number of aryl methyl sites for hydroxylation is 1. The number of para-hydroxylation sites is 1. The van der Waals surface area contributed by atoms with Gasteiger partial charge in [0.2, 0.25) is 5.88 Å². The molecule has 0 fully saturated rings. The summed E-state index contributed by atoms with van der Waals surface area (Å²) in [7, 11) is 0. The van der Waals surface area contributed by atoms with Crippen LogP contribution in [0.2, 0.25) is 5.02 Å². The van der Waals surface area contributed by atoms with Gasteiger partial charge in [0.25, 0.3) is 5.56 Å². The van der Waals surface area contributed by atoms with E-state index in [1.807, 2.05) is 5.32 Å². The summed E-state index contributed by atoms with van der Waals surface area (Å²) in [6.45, 7) is 0.852.